The molecular weight excluding hydrogens is 401 g/mol. The average Bonchev–Trinajstić information content (AvgIpc) is 3.18. The molecule has 0 fully saturated rings. The van der Waals surface area contributed by atoms with Crippen molar-refractivity contribution in [3.05, 3.63) is 119 Å². The number of hydrogen-bond donors (Lipinski definition) is 1. The number of aryl methyl sites for hydroxylation is 2. The fourth-order valence-corrected chi connectivity index (χ4v) is 4.58. The zero-order chi connectivity index (χ0) is 22.2. The summed E-state index contributed by atoms with van der Waals surface area (Å²) in [6.45, 7) is 4.45. The quantitative estimate of drug-likeness (QED) is 0.398. The third-order valence-corrected chi connectivity index (χ3v) is 5.88. The predicted molar refractivity (Wildman–Crippen MR) is 124 cm³/mol. The third kappa shape index (κ3) is 3.66. The number of fused-ring (bicyclic) bond motifs is 3. The molecule has 1 unspecified atom stereocenters. The summed E-state index contributed by atoms with van der Waals surface area (Å²) in [6.07, 6.45) is 2.01. The van der Waals surface area contributed by atoms with Gasteiger partial charge in [0.25, 0.3) is 0 Å². The second-order valence-electron chi connectivity index (χ2n) is 8.32. The largest absolute Gasteiger partial charge is 0.322 e. The number of urea groups is 1. The van der Waals surface area contributed by atoms with Crippen LogP contribution in [0.25, 0.3) is 5.69 Å². The van der Waals surface area contributed by atoms with E-state index in [1.165, 1.54) is 12.1 Å². The Morgan fingerprint density at radius 3 is 2.41 bits per heavy atom. The molecule has 1 aliphatic rings. The number of amides is 2. The molecule has 1 aromatic heterocycles. The number of rotatable bonds is 2. The summed E-state index contributed by atoms with van der Waals surface area (Å²) in [6, 6.07) is 23.9. The van der Waals surface area contributed by atoms with Crippen LogP contribution in [-0.2, 0) is 6.54 Å². The van der Waals surface area contributed by atoms with Crippen LogP contribution in [0, 0.1) is 19.7 Å². The smallest absolute Gasteiger partial charge is 0.318 e. The van der Waals surface area contributed by atoms with Gasteiger partial charge in [-0.3, -0.25) is 0 Å². The highest BCUT2D eigenvalue weighted by molar-refractivity contribution is 5.90. The first kappa shape index (κ1) is 20.1. The molecule has 0 spiro atoms. The van der Waals surface area contributed by atoms with Gasteiger partial charge in [-0.25, -0.2) is 9.18 Å². The molecule has 5 rings (SSSR count). The van der Waals surface area contributed by atoms with Crippen molar-refractivity contribution in [2.45, 2.75) is 26.4 Å². The fraction of sp³-hybridized carbons (Fsp3) is 0.148. The molecule has 1 atom stereocenters. The predicted octanol–water partition coefficient (Wildman–Crippen LogP) is 6.37. The number of hydrogen-bond acceptors (Lipinski definition) is 1. The van der Waals surface area contributed by atoms with Gasteiger partial charge >= 0.3 is 6.03 Å². The maximum absolute atomic E-state index is 13.7. The standard InChI is InChI=1S/C27H24FN3O/c1-18-14-19(2)16-23(15-18)29-27(32)31-17-21-6-3-4-7-24(21)30-13-5-8-25(30)26(31)20-9-11-22(28)12-10-20/h3-16,26H,17H2,1-2H3,(H,29,32). The van der Waals surface area contributed by atoms with Crippen LogP contribution in [-0.4, -0.2) is 15.5 Å². The summed E-state index contributed by atoms with van der Waals surface area (Å²) < 4.78 is 15.8. The van der Waals surface area contributed by atoms with Crippen molar-refractivity contribution in [3.63, 3.8) is 0 Å². The van der Waals surface area contributed by atoms with Crippen LogP contribution < -0.4 is 5.32 Å². The lowest BCUT2D eigenvalue weighted by atomic mass is 10.0. The van der Waals surface area contributed by atoms with E-state index in [1.807, 2.05) is 67.4 Å². The summed E-state index contributed by atoms with van der Waals surface area (Å²) in [5.74, 6) is -0.299. The van der Waals surface area contributed by atoms with Crippen molar-refractivity contribution < 1.29 is 9.18 Å². The molecule has 32 heavy (non-hydrogen) atoms. The molecule has 1 N–H and O–H groups in total. The van der Waals surface area contributed by atoms with Crippen LogP contribution in [0.4, 0.5) is 14.9 Å². The normalized spacial score (nSPS) is 15.0. The van der Waals surface area contributed by atoms with Crippen molar-refractivity contribution in [2.75, 3.05) is 5.32 Å². The maximum Gasteiger partial charge on any atom is 0.322 e. The highest BCUT2D eigenvalue weighted by Crippen LogP contribution is 2.37. The van der Waals surface area contributed by atoms with Crippen LogP contribution in [0.2, 0.25) is 0 Å². The first-order valence-corrected chi connectivity index (χ1v) is 10.7. The van der Waals surface area contributed by atoms with Gasteiger partial charge in [-0.05, 0) is 78.6 Å². The lowest BCUT2D eigenvalue weighted by molar-refractivity contribution is 0.194. The SMILES string of the molecule is Cc1cc(C)cc(NC(=O)N2Cc3ccccc3-n3cccc3C2c2ccc(F)cc2)c1. The van der Waals surface area contributed by atoms with E-state index in [2.05, 4.69) is 22.0 Å². The Hall–Kier alpha value is -3.86. The molecule has 1 aliphatic heterocycles. The molecule has 160 valence electrons. The summed E-state index contributed by atoms with van der Waals surface area (Å²) in [4.78, 5) is 15.5. The van der Waals surface area contributed by atoms with Crippen LogP contribution in [0.5, 0.6) is 0 Å². The van der Waals surface area contributed by atoms with Gasteiger partial charge in [0, 0.05) is 17.6 Å². The zero-order valence-electron chi connectivity index (χ0n) is 18.0. The van der Waals surface area contributed by atoms with Crippen LogP contribution in [0.1, 0.15) is 34.0 Å². The molecule has 0 saturated carbocycles. The lowest BCUT2D eigenvalue weighted by Crippen LogP contribution is -2.38. The minimum Gasteiger partial charge on any atom is -0.318 e. The monoisotopic (exact) mass is 425 g/mol. The molecule has 2 amide bonds. The van der Waals surface area contributed by atoms with Crippen molar-refractivity contribution in [3.8, 4) is 5.69 Å². The van der Waals surface area contributed by atoms with E-state index in [9.17, 15) is 9.18 Å². The number of para-hydroxylation sites is 1. The number of anilines is 1. The number of nitrogens with one attached hydrogen (secondary N) is 1. The van der Waals surface area contributed by atoms with E-state index in [1.54, 1.807) is 12.1 Å². The van der Waals surface area contributed by atoms with E-state index in [0.29, 0.717) is 6.54 Å². The van der Waals surface area contributed by atoms with Gasteiger partial charge in [0.05, 0.1) is 18.3 Å². The molecule has 5 heteroatoms. The van der Waals surface area contributed by atoms with Gasteiger partial charge < -0.3 is 14.8 Å². The molecule has 0 saturated heterocycles. The van der Waals surface area contributed by atoms with E-state index < -0.39 is 0 Å². The fourth-order valence-electron chi connectivity index (χ4n) is 4.58. The van der Waals surface area contributed by atoms with Crippen molar-refractivity contribution in [1.82, 2.24) is 9.47 Å². The van der Waals surface area contributed by atoms with Gasteiger partial charge in [-0.2, -0.15) is 0 Å². The number of nitrogens with zero attached hydrogens (tertiary/aromatic N) is 2. The van der Waals surface area contributed by atoms with E-state index in [-0.39, 0.29) is 17.9 Å². The Bertz CT molecular complexity index is 1270. The van der Waals surface area contributed by atoms with E-state index in [0.717, 1.165) is 39.3 Å². The van der Waals surface area contributed by atoms with Crippen LogP contribution in [0.15, 0.2) is 85.1 Å². The maximum atomic E-state index is 13.7. The molecule has 0 aliphatic carbocycles. The third-order valence-electron chi connectivity index (χ3n) is 5.88. The number of halogens is 1. The average molecular weight is 426 g/mol. The second kappa shape index (κ2) is 8.00. The number of carbonyl (C=O) groups excluding carboxylic acids is 1. The molecule has 2 heterocycles. The van der Waals surface area contributed by atoms with Gasteiger partial charge in [0.15, 0.2) is 0 Å². The van der Waals surface area contributed by atoms with Crippen molar-refractivity contribution in [2.24, 2.45) is 0 Å². The Morgan fingerprint density at radius 1 is 0.938 bits per heavy atom. The minimum absolute atomic E-state index is 0.200. The first-order chi connectivity index (χ1) is 15.5. The second-order valence-corrected chi connectivity index (χ2v) is 8.32. The summed E-state index contributed by atoms with van der Waals surface area (Å²) in [7, 11) is 0. The van der Waals surface area contributed by atoms with Crippen molar-refractivity contribution >= 4 is 11.7 Å². The lowest BCUT2D eigenvalue weighted by Gasteiger charge is -2.31. The first-order valence-electron chi connectivity index (χ1n) is 10.7. The van der Waals surface area contributed by atoms with Crippen LogP contribution >= 0.6 is 0 Å². The minimum atomic E-state index is -0.371. The van der Waals surface area contributed by atoms with Gasteiger partial charge in [-0.1, -0.05) is 36.4 Å². The number of carbonyl (C=O) groups is 1. The topological polar surface area (TPSA) is 37.3 Å². The highest BCUT2D eigenvalue weighted by Gasteiger charge is 2.33. The Kier molecular flexibility index (Phi) is 5.02. The number of aromatic nitrogens is 1. The van der Waals surface area contributed by atoms with Gasteiger partial charge in [0.1, 0.15) is 5.82 Å². The van der Waals surface area contributed by atoms with Crippen LogP contribution in [0.3, 0.4) is 0 Å². The summed E-state index contributed by atoms with van der Waals surface area (Å²) in [5, 5.41) is 3.09. The molecule has 3 aromatic carbocycles. The molecule has 0 bridgehead atoms. The molecule has 4 nitrogen and oxygen atoms in total. The zero-order valence-corrected chi connectivity index (χ0v) is 18.0. The van der Waals surface area contributed by atoms with E-state index in [4.69, 9.17) is 0 Å². The summed E-state index contributed by atoms with van der Waals surface area (Å²) in [5.41, 5.74) is 6.84. The van der Waals surface area contributed by atoms with E-state index >= 15 is 0 Å². The Morgan fingerprint density at radius 2 is 1.66 bits per heavy atom. The molecular formula is C27H24FN3O. The Balaban J connectivity index is 1.62. The Labute approximate surface area is 186 Å². The van der Waals surface area contributed by atoms with Gasteiger partial charge in [-0.15, -0.1) is 0 Å². The van der Waals surface area contributed by atoms with Gasteiger partial charge in [0.2, 0.25) is 0 Å². The van der Waals surface area contributed by atoms with Crippen molar-refractivity contribution in [1.29, 1.82) is 0 Å². The highest BCUT2D eigenvalue weighted by atomic mass is 19.1. The summed E-state index contributed by atoms with van der Waals surface area (Å²) >= 11 is 0. The molecule has 0 radical (unpaired) electrons. The number of benzene rings is 3. The molecule has 4 aromatic rings.